The second-order valence-electron chi connectivity index (χ2n) is 6.83. The van der Waals surface area contributed by atoms with E-state index in [9.17, 15) is 13.2 Å². The first-order valence-corrected chi connectivity index (χ1v) is 10.5. The molecule has 0 atom stereocenters. The summed E-state index contributed by atoms with van der Waals surface area (Å²) in [6.07, 6.45) is 2.30. The summed E-state index contributed by atoms with van der Waals surface area (Å²) in [5.41, 5.74) is 0.205. The first-order chi connectivity index (χ1) is 14.0. The molecule has 0 spiro atoms. The molecule has 30 heavy (non-hydrogen) atoms. The average Bonchev–Trinajstić information content (AvgIpc) is 3.03. The van der Waals surface area contributed by atoms with Gasteiger partial charge in [-0.3, -0.25) is 4.99 Å². The number of alkyl halides is 3. The van der Waals surface area contributed by atoms with Crippen LogP contribution in [0.5, 0.6) is 0 Å². The summed E-state index contributed by atoms with van der Waals surface area (Å²) in [4.78, 5) is 14.6. The number of hydrogen-bond donors (Lipinski definition) is 2. The van der Waals surface area contributed by atoms with Crippen molar-refractivity contribution in [3.8, 4) is 0 Å². The van der Waals surface area contributed by atoms with Crippen molar-refractivity contribution in [1.82, 2.24) is 20.6 Å². The second kappa shape index (κ2) is 11.7. The van der Waals surface area contributed by atoms with Crippen molar-refractivity contribution >= 4 is 47.1 Å². The first-order valence-electron chi connectivity index (χ1n) is 9.61. The Hall–Kier alpha value is -1.63. The molecule has 0 unspecified atom stereocenters. The quantitative estimate of drug-likeness (QED) is 0.326. The van der Waals surface area contributed by atoms with E-state index in [1.54, 1.807) is 7.05 Å². The molecule has 11 heteroatoms. The van der Waals surface area contributed by atoms with Gasteiger partial charge in [-0.15, -0.1) is 35.3 Å². The molecule has 0 aliphatic carbocycles. The monoisotopic (exact) mass is 554 g/mol. The molecule has 1 aliphatic heterocycles. The van der Waals surface area contributed by atoms with Gasteiger partial charge in [-0.05, 0) is 30.5 Å². The van der Waals surface area contributed by atoms with Gasteiger partial charge in [-0.2, -0.15) is 13.2 Å². The van der Waals surface area contributed by atoms with Crippen molar-refractivity contribution in [3.05, 3.63) is 40.0 Å². The van der Waals surface area contributed by atoms with Crippen LogP contribution in [0.25, 0.3) is 0 Å². The Kier molecular flexibility index (Phi) is 9.59. The van der Waals surface area contributed by atoms with Gasteiger partial charge in [0.15, 0.2) is 11.7 Å². The lowest BCUT2D eigenvalue weighted by atomic mass is 10.2. The van der Waals surface area contributed by atoms with Crippen LogP contribution in [-0.2, 0) is 19.3 Å². The van der Waals surface area contributed by atoms with Crippen molar-refractivity contribution in [2.24, 2.45) is 4.99 Å². The Balaban J connectivity index is 0.00000320. The van der Waals surface area contributed by atoms with Crippen LogP contribution in [0.3, 0.4) is 0 Å². The molecule has 1 fully saturated rings. The predicted octanol–water partition coefficient (Wildman–Crippen LogP) is 4.42. The Labute approximate surface area is 195 Å². The number of thiazole rings is 1. The Morgan fingerprint density at radius 3 is 2.50 bits per heavy atom. The van der Waals surface area contributed by atoms with Crippen molar-refractivity contribution in [3.63, 3.8) is 0 Å². The highest BCUT2D eigenvalue weighted by atomic mass is 127. The largest absolute Gasteiger partial charge is 0.434 e. The highest BCUT2D eigenvalue weighted by Gasteiger charge is 2.33. The number of pyridine rings is 1. The number of hydrogen-bond acceptors (Lipinski definition) is 5. The number of guanidine groups is 1. The lowest BCUT2D eigenvalue weighted by Gasteiger charge is -2.22. The zero-order valence-electron chi connectivity index (χ0n) is 16.7. The number of aromatic nitrogens is 2. The molecule has 1 aliphatic rings. The summed E-state index contributed by atoms with van der Waals surface area (Å²) in [5, 5.41) is 7.56. The molecule has 0 radical (unpaired) electrons. The minimum atomic E-state index is -4.42. The van der Waals surface area contributed by atoms with E-state index < -0.39 is 11.9 Å². The van der Waals surface area contributed by atoms with Gasteiger partial charge in [-0.1, -0.05) is 12.8 Å². The van der Waals surface area contributed by atoms with Crippen LogP contribution in [0.4, 0.5) is 19.0 Å². The number of rotatable bonds is 5. The van der Waals surface area contributed by atoms with Crippen LogP contribution in [-0.4, -0.2) is 36.1 Å². The summed E-state index contributed by atoms with van der Waals surface area (Å²) in [5.74, 6) is 1.48. The summed E-state index contributed by atoms with van der Waals surface area (Å²) >= 11 is 0.973. The molecular weight excluding hydrogens is 528 g/mol. The molecule has 0 aromatic carbocycles. The molecule has 2 N–H and O–H groups in total. The fraction of sp³-hybridized carbons (Fsp3) is 0.526. The van der Waals surface area contributed by atoms with E-state index in [1.165, 1.54) is 25.7 Å². The zero-order chi connectivity index (χ0) is 20.7. The van der Waals surface area contributed by atoms with Gasteiger partial charge >= 0.3 is 6.18 Å². The fourth-order valence-corrected chi connectivity index (χ4v) is 3.87. The zero-order valence-corrected chi connectivity index (χ0v) is 19.9. The predicted molar refractivity (Wildman–Crippen MR) is 124 cm³/mol. The van der Waals surface area contributed by atoms with E-state index in [2.05, 4.69) is 36.6 Å². The molecule has 0 saturated carbocycles. The van der Waals surface area contributed by atoms with Gasteiger partial charge in [0.1, 0.15) is 10.8 Å². The lowest BCUT2D eigenvalue weighted by Crippen LogP contribution is -2.36. The minimum absolute atomic E-state index is 0. The fourth-order valence-electron chi connectivity index (χ4n) is 3.13. The van der Waals surface area contributed by atoms with Gasteiger partial charge in [0.05, 0.1) is 6.54 Å². The molecule has 6 nitrogen and oxygen atoms in total. The van der Waals surface area contributed by atoms with Gasteiger partial charge in [0.2, 0.25) is 0 Å². The van der Waals surface area contributed by atoms with Crippen molar-refractivity contribution in [2.75, 3.05) is 25.0 Å². The third-order valence-corrected chi connectivity index (χ3v) is 5.52. The number of nitrogens with one attached hydrogen (secondary N) is 2. The maximum atomic E-state index is 12.6. The summed E-state index contributed by atoms with van der Waals surface area (Å²) in [6.45, 7) is 2.77. The van der Waals surface area contributed by atoms with Gasteiger partial charge < -0.3 is 15.5 Å². The topological polar surface area (TPSA) is 65.4 Å². The number of aliphatic imine (C=N–C) groups is 1. The van der Waals surface area contributed by atoms with Gasteiger partial charge in [0.25, 0.3) is 0 Å². The molecule has 166 valence electrons. The average molecular weight is 554 g/mol. The van der Waals surface area contributed by atoms with E-state index in [0.29, 0.717) is 17.5 Å². The van der Waals surface area contributed by atoms with Crippen molar-refractivity contribution < 1.29 is 13.2 Å². The molecule has 3 rings (SSSR count). The molecular formula is C19H26F3IN6S. The highest BCUT2D eigenvalue weighted by Crippen LogP contribution is 2.29. The lowest BCUT2D eigenvalue weighted by molar-refractivity contribution is -0.140. The van der Waals surface area contributed by atoms with Crippen molar-refractivity contribution in [2.45, 2.75) is 44.9 Å². The van der Waals surface area contributed by atoms with E-state index in [1.807, 2.05) is 12.3 Å². The van der Waals surface area contributed by atoms with Gasteiger partial charge in [-0.25, -0.2) is 9.97 Å². The molecule has 2 aromatic rings. The Morgan fingerprint density at radius 1 is 1.17 bits per heavy atom. The number of anilines is 1. The summed E-state index contributed by atoms with van der Waals surface area (Å²) in [6, 6.07) is 4.01. The van der Waals surface area contributed by atoms with E-state index in [0.717, 1.165) is 41.2 Å². The van der Waals surface area contributed by atoms with Crippen LogP contribution >= 0.6 is 35.3 Å². The minimum Gasteiger partial charge on any atom is -0.357 e. The molecule has 1 saturated heterocycles. The highest BCUT2D eigenvalue weighted by molar-refractivity contribution is 14.0. The standard InChI is InChI=1S/C19H25F3N6S.HI/c1-23-18(26-12-17-27-15(13-29-17)19(20,21)22)25-11-14-6-7-24-16(10-14)28-8-4-2-3-5-9-28;/h6-7,10,13H,2-5,8-9,11-12H2,1H3,(H2,23,25,26);1H. The van der Waals surface area contributed by atoms with Crippen LogP contribution in [0, 0.1) is 0 Å². The Morgan fingerprint density at radius 2 is 1.87 bits per heavy atom. The SMILES string of the molecule is CN=C(NCc1ccnc(N2CCCCCC2)c1)NCc1nc(C(F)(F)F)cs1.I. The van der Waals surface area contributed by atoms with Crippen molar-refractivity contribution in [1.29, 1.82) is 0 Å². The molecule has 3 heterocycles. The number of nitrogens with zero attached hydrogens (tertiary/aromatic N) is 4. The maximum absolute atomic E-state index is 12.6. The number of halogens is 4. The van der Waals surface area contributed by atoms with Crippen LogP contribution in [0.15, 0.2) is 28.7 Å². The molecule has 2 aromatic heterocycles. The smallest absolute Gasteiger partial charge is 0.357 e. The van der Waals surface area contributed by atoms with E-state index in [-0.39, 0.29) is 30.5 Å². The third-order valence-electron chi connectivity index (χ3n) is 4.67. The van der Waals surface area contributed by atoms with Gasteiger partial charge in [0, 0.05) is 38.3 Å². The normalized spacial score (nSPS) is 15.3. The first kappa shape index (κ1) is 24.6. The summed E-state index contributed by atoms with van der Waals surface area (Å²) < 4.78 is 37.9. The van der Waals surface area contributed by atoms with E-state index >= 15 is 0 Å². The molecule has 0 bridgehead atoms. The maximum Gasteiger partial charge on any atom is 0.434 e. The van der Waals surface area contributed by atoms with E-state index in [4.69, 9.17) is 0 Å². The van der Waals surface area contributed by atoms with Crippen LogP contribution < -0.4 is 15.5 Å². The summed E-state index contributed by atoms with van der Waals surface area (Å²) in [7, 11) is 1.62. The van der Waals surface area contributed by atoms with Crippen LogP contribution in [0.2, 0.25) is 0 Å². The Bertz CT molecular complexity index is 819. The molecule has 0 amide bonds. The third kappa shape index (κ3) is 7.25. The van der Waals surface area contributed by atoms with Crippen LogP contribution in [0.1, 0.15) is 41.9 Å². The second-order valence-corrected chi connectivity index (χ2v) is 7.77.